The van der Waals surface area contributed by atoms with Gasteiger partial charge in [-0.25, -0.2) is 18.0 Å². The van der Waals surface area contributed by atoms with Crippen LogP contribution in [0.4, 0.5) is 13.2 Å². The van der Waals surface area contributed by atoms with Gasteiger partial charge in [0.1, 0.15) is 17.5 Å². The van der Waals surface area contributed by atoms with Gasteiger partial charge in [0.15, 0.2) is 6.29 Å². The highest BCUT2D eigenvalue weighted by atomic mass is 19.1. The van der Waals surface area contributed by atoms with Gasteiger partial charge in [-0.05, 0) is 79.3 Å². The summed E-state index contributed by atoms with van der Waals surface area (Å²) in [5.41, 5.74) is 2.65. The Labute approximate surface area is 188 Å². The Morgan fingerprint density at radius 1 is 0.970 bits per heavy atom. The Balaban J connectivity index is 0.000000215. The van der Waals surface area contributed by atoms with Gasteiger partial charge < -0.3 is 15.0 Å². The first-order chi connectivity index (χ1) is 15.7. The molecule has 0 radical (unpaired) electrons. The number of carbonyl (C=O) groups is 2. The van der Waals surface area contributed by atoms with Crippen molar-refractivity contribution in [2.45, 2.75) is 6.54 Å². The van der Waals surface area contributed by atoms with Crippen LogP contribution in [0, 0.1) is 17.5 Å². The smallest absolute Gasteiger partial charge is 0.338 e. The number of nitrogens with one attached hydrogen (secondary N) is 1. The lowest BCUT2D eigenvalue weighted by Gasteiger charge is -2.15. The number of aromatic carboxylic acids is 1. The maximum Gasteiger partial charge on any atom is 0.338 e. The number of aldehydes is 1. The maximum absolute atomic E-state index is 13.8. The SMILES string of the molecule is CN(C)Cc1cc(F)ccc1-c1ccc(C(=O)O)c(F)c1.O=Cc1cc2ccc(F)cc2[nH]1. The van der Waals surface area contributed by atoms with Crippen molar-refractivity contribution in [2.75, 3.05) is 14.1 Å². The van der Waals surface area contributed by atoms with Gasteiger partial charge in [0.05, 0.1) is 11.3 Å². The van der Waals surface area contributed by atoms with Crippen LogP contribution in [0.2, 0.25) is 0 Å². The van der Waals surface area contributed by atoms with E-state index < -0.39 is 11.8 Å². The van der Waals surface area contributed by atoms with Gasteiger partial charge in [-0.15, -0.1) is 0 Å². The zero-order chi connectivity index (χ0) is 24.1. The number of aromatic amines is 1. The first kappa shape index (κ1) is 23.7. The number of nitrogens with zero attached hydrogens (tertiary/aromatic N) is 1. The molecule has 0 saturated heterocycles. The predicted octanol–water partition coefficient (Wildman–Crippen LogP) is 5.51. The van der Waals surface area contributed by atoms with E-state index in [1.165, 1.54) is 36.4 Å². The average molecular weight is 454 g/mol. The van der Waals surface area contributed by atoms with Gasteiger partial charge in [0, 0.05) is 17.4 Å². The molecule has 170 valence electrons. The molecule has 0 saturated carbocycles. The summed E-state index contributed by atoms with van der Waals surface area (Å²) in [6, 6.07) is 14.2. The summed E-state index contributed by atoms with van der Waals surface area (Å²) in [4.78, 5) is 25.8. The molecule has 0 bridgehead atoms. The van der Waals surface area contributed by atoms with Crippen molar-refractivity contribution in [3.05, 3.63) is 94.9 Å². The third-order valence-electron chi connectivity index (χ3n) is 4.80. The number of rotatable bonds is 5. The Hall–Kier alpha value is -3.91. The van der Waals surface area contributed by atoms with Crippen LogP contribution >= 0.6 is 0 Å². The number of fused-ring (bicyclic) bond motifs is 1. The number of carboxylic acid groups (broad SMARTS) is 1. The predicted molar refractivity (Wildman–Crippen MR) is 120 cm³/mol. The zero-order valence-corrected chi connectivity index (χ0v) is 17.9. The zero-order valence-electron chi connectivity index (χ0n) is 17.9. The number of H-pyrrole nitrogens is 1. The minimum absolute atomic E-state index is 0.304. The second-order valence-corrected chi connectivity index (χ2v) is 7.61. The molecule has 0 unspecified atom stereocenters. The highest BCUT2D eigenvalue weighted by molar-refractivity contribution is 5.89. The second kappa shape index (κ2) is 10.1. The lowest BCUT2D eigenvalue weighted by Crippen LogP contribution is -2.12. The number of carboxylic acids is 1. The summed E-state index contributed by atoms with van der Waals surface area (Å²) in [6.45, 7) is 0.495. The van der Waals surface area contributed by atoms with Crippen molar-refractivity contribution in [2.24, 2.45) is 0 Å². The molecule has 0 atom stereocenters. The fraction of sp³-hybridized carbons (Fsp3) is 0.120. The average Bonchev–Trinajstić information content (AvgIpc) is 3.16. The van der Waals surface area contributed by atoms with Crippen molar-refractivity contribution in [3.63, 3.8) is 0 Å². The highest BCUT2D eigenvalue weighted by Gasteiger charge is 2.13. The number of carbonyl (C=O) groups excluding carboxylic acids is 1. The van der Waals surface area contributed by atoms with E-state index >= 15 is 0 Å². The molecule has 33 heavy (non-hydrogen) atoms. The molecule has 4 aromatic rings. The molecule has 0 aliphatic rings. The molecule has 1 aromatic heterocycles. The van der Waals surface area contributed by atoms with Gasteiger partial charge in [0.25, 0.3) is 0 Å². The van der Waals surface area contributed by atoms with Crippen LogP contribution in [0.3, 0.4) is 0 Å². The lowest BCUT2D eigenvalue weighted by molar-refractivity contribution is 0.0691. The van der Waals surface area contributed by atoms with Crippen molar-refractivity contribution < 1.29 is 27.9 Å². The summed E-state index contributed by atoms with van der Waals surface area (Å²) in [5, 5.41) is 9.69. The molecular weight excluding hydrogens is 433 g/mol. The van der Waals surface area contributed by atoms with E-state index in [0.717, 1.165) is 11.5 Å². The molecule has 0 aliphatic heterocycles. The minimum atomic E-state index is -1.31. The van der Waals surface area contributed by atoms with Crippen LogP contribution < -0.4 is 0 Å². The van der Waals surface area contributed by atoms with Crippen LogP contribution in [0.15, 0.2) is 60.7 Å². The maximum atomic E-state index is 13.8. The normalized spacial score (nSPS) is 10.7. The van der Waals surface area contributed by atoms with E-state index in [0.29, 0.717) is 40.7 Å². The lowest BCUT2D eigenvalue weighted by atomic mass is 9.98. The van der Waals surface area contributed by atoms with Gasteiger partial charge in [0.2, 0.25) is 0 Å². The van der Waals surface area contributed by atoms with E-state index in [9.17, 15) is 22.8 Å². The van der Waals surface area contributed by atoms with Crippen LogP contribution in [0.25, 0.3) is 22.0 Å². The monoisotopic (exact) mass is 454 g/mol. The van der Waals surface area contributed by atoms with Crippen LogP contribution in [0.1, 0.15) is 26.4 Å². The first-order valence-electron chi connectivity index (χ1n) is 9.87. The molecule has 0 fully saturated rings. The van der Waals surface area contributed by atoms with Crippen molar-refractivity contribution >= 4 is 23.2 Å². The van der Waals surface area contributed by atoms with E-state index in [-0.39, 0.29) is 17.2 Å². The second-order valence-electron chi connectivity index (χ2n) is 7.61. The third kappa shape index (κ3) is 5.87. The standard InChI is InChI=1S/C16H15F2NO2.C9H6FNO/c1-19(2)9-11-7-12(17)4-6-13(11)10-3-5-14(16(20)21)15(18)8-10;10-7-2-1-6-3-8(5-12)11-9(6)4-7/h3-8H,9H2,1-2H3,(H,20,21);1-5,11H. The number of benzene rings is 3. The Kier molecular flexibility index (Phi) is 7.30. The van der Waals surface area contributed by atoms with Crippen molar-refractivity contribution in [3.8, 4) is 11.1 Å². The van der Waals surface area contributed by atoms with E-state index in [2.05, 4.69) is 4.98 Å². The number of hydrogen-bond acceptors (Lipinski definition) is 3. The summed E-state index contributed by atoms with van der Waals surface area (Å²) in [6.07, 6.45) is 0.706. The Morgan fingerprint density at radius 3 is 2.30 bits per heavy atom. The fourth-order valence-electron chi connectivity index (χ4n) is 3.36. The van der Waals surface area contributed by atoms with Crippen LogP contribution in [-0.2, 0) is 6.54 Å². The van der Waals surface area contributed by atoms with Gasteiger partial charge in [-0.2, -0.15) is 0 Å². The number of halogens is 3. The van der Waals surface area contributed by atoms with Gasteiger partial charge >= 0.3 is 5.97 Å². The minimum Gasteiger partial charge on any atom is -0.478 e. The van der Waals surface area contributed by atoms with Gasteiger partial charge in [-0.1, -0.05) is 12.1 Å². The first-order valence-corrected chi connectivity index (χ1v) is 9.87. The van der Waals surface area contributed by atoms with Crippen molar-refractivity contribution in [1.82, 2.24) is 9.88 Å². The number of aromatic nitrogens is 1. The molecule has 5 nitrogen and oxygen atoms in total. The molecule has 8 heteroatoms. The summed E-state index contributed by atoms with van der Waals surface area (Å²) in [5.74, 6) is -2.79. The summed E-state index contributed by atoms with van der Waals surface area (Å²) in [7, 11) is 3.70. The molecule has 0 spiro atoms. The highest BCUT2D eigenvalue weighted by Crippen LogP contribution is 2.27. The van der Waals surface area contributed by atoms with E-state index in [4.69, 9.17) is 5.11 Å². The van der Waals surface area contributed by atoms with Crippen LogP contribution in [-0.4, -0.2) is 41.3 Å². The topological polar surface area (TPSA) is 73.4 Å². The summed E-state index contributed by atoms with van der Waals surface area (Å²) >= 11 is 0. The molecule has 0 aliphatic carbocycles. The van der Waals surface area contributed by atoms with Gasteiger partial charge in [-0.3, -0.25) is 4.79 Å². The number of hydrogen-bond donors (Lipinski definition) is 2. The van der Waals surface area contributed by atoms with Crippen LogP contribution in [0.5, 0.6) is 0 Å². The fourth-order valence-corrected chi connectivity index (χ4v) is 3.36. The largest absolute Gasteiger partial charge is 0.478 e. The van der Waals surface area contributed by atoms with E-state index in [1.807, 2.05) is 19.0 Å². The molecule has 0 amide bonds. The molecular formula is C25H21F3N2O3. The molecule has 3 aromatic carbocycles. The molecule has 4 rings (SSSR count). The third-order valence-corrected chi connectivity index (χ3v) is 4.80. The summed E-state index contributed by atoms with van der Waals surface area (Å²) < 4.78 is 39.8. The van der Waals surface area contributed by atoms with Crippen molar-refractivity contribution in [1.29, 1.82) is 0 Å². The Morgan fingerprint density at radius 2 is 1.67 bits per heavy atom. The Bertz CT molecular complexity index is 1320. The quantitative estimate of drug-likeness (QED) is 0.390. The van der Waals surface area contributed by atoms with E-state index in [1.54, 1.807) is 18.2 Å². The molecule has 2 N–H and O–H groups in total. The molecule has 1 heterocycles.